The number of carbonyl (C=O) groups excluding carboxylic acids is 4. The van der Waals surface area contributed by atoms with Crippen LogP contribution in [-0.4, -0.2) is 23.6 Å². The van der Waals surface area contributed by atoms with E-state index in [1.807, 2.05) is 24.3 Å². The fourth-order valence-corrected chi connectivity index (χ4v) is 2.77. The van der Waals surface area contributed by atoms with Crippen molar-refractivity contribution in [3.8, 4) is 0 Å². The van der Waals surface area contributed by atoms with Gasteiger partial charge in [-0.1, -0.05) is 24.3 Å². The summed E-state index contributed by atoms with van der Waals surface area (Å²) in [6, 6.07) is 7.43. The number of rotatable bonds is 4. The van der Waals surface area contributed by atoms with Gasteiger partial charge in [-0.3, -0.25) is 29.8 Å². The first-order valence-electron chi connectivity index (χ1n) is 7.55. The Hall–Kier alpha value is -3.02. The van der Waals surface area contributed by atoms with Gasteiger partial charge in [0, 0.05) is 35.1 Å². The molecule has 0 aromatic heterocycles. The Bertz CT molecular complexity index is 773. The summed E-state index contributed by atoms with van der Waals surface area (Å²) in [5.74, 6) is -1.37. The first-order chi connectivity index (χ1) is 11.4. The molecule has 0 unspecified atom stereocenters. The van der Waals surface area contributed by atoms with E-state index in [0.717, 1.165) is 11.1 Å². The third-order valence-electron chi connectivity index (χ3n) is 4.37. The fourth-order valence-electron chi connectivity index (χ4n) is 2.77. The lowest BCUT2D eigenvalue weighted by molar-refractivity contribution is -0.125. The zero-order valence-corrected chi connectivity index (χ0v) is 13.4. The van der Waals surface area contributed by atoms with Crippen LogP contribution in [-0.2, 0) is 32.0 Å². The SMILES string of the molecule is CC1=C(Cc2ccc(CC3=C(C)C(=O)NC3=O)cc2)C(=O)NC1=O. The van der Waals surface area contributed by atoms with Crippen molar-refractivity contribution in [3.63, 3.8) is 0 Å². The predicted octanol–water partition coefficient (Wildman–Crippen LogP) is 0.717. The van der Waals surface area contributed by atoms with Gasteiger partial charge in [0.25, 0.3) is 23.6 Å². The van der Waals surface area contributed by atoms with Gasteiger partial charge in [-0.15, -0.1) is 0 Å². The molecule has 1 aromatic carbocycles. The molecule has 3 rings (SSSR count). The summed E-state index contributed by atoms with van der Waals surface area (Å²) in [5, 5.41) is 4.55. The molecule has 0 atom stereocenters. The van der Waals surface area contributed by atoms with Gasteiger partial charge < -0.3 is 0 Å². The molecule has 4 amide bonds. The lowest BCUT2D eigenvalue weighted by Crippen LogP contribution is -2.23. The van der Waals surface area contributed by atoms with E-state index in [1.54, 1.807) is 13.8 Å². The van der Waals surface area contributed by atoms with Crippen LogP contribution < -0.4 is 10.6 Å². The Morgan fingerprint density at radius 2 is 0.958 bits per heavy atom. The molecule has 2 N–H and O–H groups in total. The highest BCUT2D eigenvalue weighted by Gasteiger charge is 2.28. The highest BCUT2D eigenvalue weighted by Crippen LogP contribution is 2.20. The molecule has 0 fully saturated rings. The average Bonchev–Trinajstić information content (AvgIpc) is 2.92. The molecular formula is C18H16N2O4. The van der Waals surface area contributed by atoms with Crippen LogP contribution in [0.1, 0.15) is 25.0 Å². The minimum atomic E-state index is -0.344. The molecule has 24 heavy (non-hydrogen) atoms. The molecule has 0 saturated carbocycles. The van der Waals surface area contributed by atoms with Crippen molar-refractivity contribution >= 4 is 23.6 Å². The smallest absolute Gasteiger partial charge is 0.254 e. The second kappa shape index (κ2) is 5.88. The van der Waals surface area contributed by atoms with Gasteiger partial charge in [-0.05, 0) is 25.0 Å². The van der Waals surface area contributed by atoms with E-state index >= 15 is 0 Å². The monoisotopic (exact) mass is 324 g/mol. The van der Waals surface area contributed by atoms with Crippen LogP contribution in [0, 0.1) is 0 Å². The highest BCUT2D eigenvalue weighted by atomic mass is 16.2. The van der Waals surface area contributed by atoms with Crippen molar-refractivity contribution in [3.05, 3.63) is 57.7 Å². The van der Waals surface area contributed by atoms with Crippen LogP contribution in [0.25, 0.3) is 0 Å². The van der Waals surface area contributed by atoms with Crippen molar-refractivity contribution in [1.82, 2.24) is 10.6 Å². The normalized spacial score (nSPS) is 17.8. The van der Waals surface area contributed by atoms with E-state index in [-0.39, 0.29) is 23.6 Å². The third kappa shape index (κ3) is 2.78. The van der Waals surface area contributed by atoms with E-state index in [4.69, 9.17) is 0 Å². The molecule has 0 spiro atoms. The molecule has 6 nitrogen and oxygen atoms in total. The zero-order valence-electron chi connectivity index (χ0n) is 13.4. The summed E-state index contributed by atoms with van der Waals surface area (Å²) in [6.07, 6.45) is 0.759. The van der Waals surface area contributed by atoms with E-state index in [9.17, 15) is 19.2 Å². The van der Waals surface area contributed by atoms with Crippen molar-refractivity contribution in [2.75, 3.05) is 0 Å². The Morgan fingerprint density at radius 3 is 1.21 bits per heavy atom. The Labute approximate surface area is 138 Å². The average molecular weight is 324 g/mol. The molecule has 2 aliphatic rings. The van der Waals surface area contributed by atoms with Gasteiger partial charge in [0.15, 0.2) is 0 Å². The third-order valence-corrected chi connectivity index (χ3v) is 4.37. The van der Waals surface area contributed by atoms with E-state index in [0.29, 0.717) is 35.1 Å². The Kier molecular flexibility index (Phi) is 3.89. The van der Waals surface area contributed by atoms with Crippen molar-refractivity contribution < 1.29 is 19.2 Å². The maximum atomic E-state index is 11.7. The second-order valence-electron chi connectivity index (χ2n) is 5.94. The van der Waals surface area contributed by atoms with Gasteiger partial charge in [0.2, 0.25) is 0 Å². The van der Waals surface area contributed by atoms with Gasteiger partial charge >= 0.3 is 0 Å². The fraction of sp³-hybridized carbons (Fsp3) is 0.222. The maximum absolute atomic E-state index is 11.7. The Morgan fingerprint density at radius 1 is 0.625 bits per heavy atom. The summed E-state index contributed by atoms with van der Waals surface area (Å²) in [6.45, 7) is 3.27. The van der Waals surface area contributed by atoms with Crippen LogP contribution in [0.15, 0.2) is 46.6 Å². The van der Waals surface area contributed by atoms with Crippen LogP contribution in [0.4, 0.5) is 0 Å². The summed E-state index contributed by atoms with van der Waals surface area (Å²) in [4.78, 5) is 46.4. The first kappa shape index (κ1) is 15.9. The second-order valence-corrected chi connectivity index (χ2v) is 5.94. The van der Waals surface area contributed by atoms with Crippen molar-refractivity contribution in [2.45, 2.75) is 26.7 Å². The molecule has 1 aromatic rings. The molecule has 0 aliphatic carbocycles. The van der Waals surface area contributed by atoms with Gasteiger partial charge in [0.1, 0.15) is 0 Å². The number of hydrogen-bond acceptors (Lipinski definition) is 4. The van der Waals surface area contributed by atoms with Crippen molar-refractivity contribution in [2.24, 2.45) is 0 Å². The molecule has 0 saturated heterocycles. The zero-order chi connectivity index (χ0) is 17.4. The molecule has 2 aliphatic heterocycles. The predicted molar refractivity (Wildman–Crippen MR) is 85.5 cm³/mol. The van der Waals surface area contributed by atoms with Gasteiger partial charge in [-0.2, -0.15) is 0 Å². The van der Waals surface area contributed by atoms with Crippen LogP contribution in [0.2, 0.25) is 0 Å². The maximum Gasteiger partial charge on any atom is 0.254 e. The lowest BCUT2D eigenvalue weighted by atomic mass is 9.98. The number of imide groups is 2. The molecule has 6 heteroatoms. The summed E-state index contributed by atoms with van der Waals surface area (Å²) >= 11 is 0. The summed E-state index contributed by atoms with van der Waals surface area (Å²) in [5.41, 5.74) is 3.65. The number of benzene rings is 1. The van der Waals surface area contributed by atoms with Gasteiger partial charge in [0.05, 0.1) is 0 Å². The number of hydrogen-bond donors (Lipinski definition) is 2. The van der Waals surface area contributed by atoms with Crippen LogP contribution >= 0.6 is 0 Å². The van der Waals surface area contributed by atoms with Crippen LogP contribution in [0.5, 0.6) is 0 Å². The van der Waals surface area contributed by atoms with E-state index < -0.39 is 0 Å². The largest absolute Gasteiger partial charge is 0.289 e. The summed E-state index contributed by atoms with van der Waals surface area (Å²) < 4.78 is 0. The topological polar surface area (TPSA) is 92.3 Å². The van der Waals surface area contributed by atoms with E-state index in [1.165, 1.54) is 0 Å². The van der Waals surface area contributed by atoms with E-state index in [2.05, 4.69) is 10.6 Å². The standard InChI is InChI=1S/C18H16N2O4/c1-9-13(17(23)19-15(9)21)7-11-3-5-12(6-4-11)8-14-10(2)16(22)20-18(14)24/h3-6H,7-8H2,1-2H3,(H,19,21,23)(H,20,22,24). The van der Waals surface area contributed by atoms with Gasteiger partial charge in [-0.25, -0.2) is 0 Å². The molecule has 0 radical (unpaired) electrons. The quantitative estimate of drug-likeness (QED) is 0.798. The molecular weight excluding hydrogens is 308 g/mol. The lowest BCUT2D eigenvalue weighted by Gasteiger charge is -2.05. The van der Waals surface area contributed by atoms with Crippen molar-refractivity contribution in [1.29, 1.82) is 0 Å². The minimum absolute atomic E-state index is 0.342. The number of amides is 4. The highest BCUT2D eigenvalue weighted by molar-refractivity contribution is 6.19. The van der Waals surface area contributed by atoms with Crippen LogP contribution in [0.3, 0.4) is 0 Å². The first-order valence-corrected chi connectivity index (χ1v) is 7.55. The minimum Gasteiger partial charge on any atom is -0.289 e. The molecule has 0 bridgehead atoms. The molecule has 2 heterocycles. The number of nitrogens with one attached hydrogen (secondary N) is 2. The number of carbonyl (C=O) groups is 4. The summed E-state index contributed by atoms with van der Waals surface area (Å²) in [7, 11) is 0. The Balaban J connectivity index is 1.75. The molecule has 122 valence electrons.